The molecule has 0 aromatic heterocycles. The van der Waals surface area contributed by atoms with Crippen LogP contribution in [0, 0.1) is 12.3 Å². The number of piperidine rings is 1. The van der Waals surface area contributed by atoms with E-state index in [-0.39, 0.29) is 0 Å². The zero-order valence-corrected chi connectivity index (χ0v) is 9.78. The molecular weight excluding hydrogens is 158 g/mol. The Labute approximate surface area is 83.3 Å². The molecule has 0 aromatic rings. The topological polar surface area (TPSA) is 12.0 Å². The molecule has 1 saturated heterocycles. The molecule has 3 unspecified atom stereocenters. The zero-order chi connectivity index (χ0) is 10.1. The highest BCUT2D eigenvalue weighted by atomic mass is 15.1. The summed E-state index contributed by atoms with van der Waals surface area (Å²) in [7, 11) is 0. The van der Waals surface area contributed by atoms with Gasteiger partial charge in [0.2, 0.25) is 0 Å². The fourth-order valence-corrected chi connectivity index (χ4v) is 2.19. The molecule has 1 heteroatoms. The van der Waals surface area contributed by atoms with Crippen LogP contribution < -0.4 is 5.32 Å². The van der Waals surface area contributed by atoms with Crippen molar-refractivity contribution < 1.29 is 0 Å². The van der Waals surface area contributed by atoms with Crippen LogP contribution in [-0.4, -0.2) is 11.1 Å². The molecule has 1 aliphatic heterocycles. The van der Waals surface area contributed by atoms with E-state index in [1.165, 1.54) is 19.3 Å². The average molecular weight is 182 g/mol. The van der Waals surface area contributed by atoms with Gasteiger partial charge in [-0.2, -0.15) is 0 Å². The van der Waals surface area contributed by atoms with Crippen LogP contribution in [0.5, 0.6) is 0 Å². The monoisotopic (exact) mass is 182 g/mol. The second kappa shape index (κ2) is 3.61. The highest BCUT2D eigenvalue weighted by molar-refractivity contribution is 5.07. The van der Waals surface area contributed by atoms with Crippen molar-refractivity contribution >= 4 is 0 Å². The summed E-state index contributed by atoms with van der Waals surface area (Å²) < 4.78 is 0. The Hall–Kier alpha value is -0.0400. The van der Waals surface area contributed by atoms with Gasteiger partial charge in [0, 0.05) is 11.1 Å². The summed E-state index contributed by atoms with van der Waals surface area (Å²) in [6.45, 7) is 11.6. The van der Waals surface area contributed by atoms with Crippen LogP contribution in [0.25, 0.3) is 0 Å². The van der Waals surface area contributed by atoms with E-state index in [0.717, 1.165) is 0 Å². The summed E-state index contributed by atoms with van der Waals surface area (Å²) in [5.74, 6) is 0.692. The van der Waals surface area contributed by atoms with Gasteiger partial charge in [-0.05, 0) is 45.4 Å². The van der Waals surface area contributed by atoms with E-state index < -0.39 is 0 Å². The molecule has 1 fully saturated rings. The van der Waals surface area contributed by atoms with E-state index in [0.29, 0.717) is 17.0 Å². The molecule has 0 aromatic carbocycles. The van der Waals surface area contributed by atoms with E-state index in [2.05, 4.69) is 46.4 Å². The minimum Gasteiger partial charge on any atom is -0.306 e. The summed E-state index contributed by atoms with van der Waals surface area (Å²) in [5.41, 5.74) is 0.639. The molecule has 1 nitrogen and oxygen atoms in total. The van der Waals surface area contributed by atoms with Crippen LogP contribution in [-0.2, 0) is 0 Å². The van der Waals surface area contributed by atoms with Crippen molar-refractivity contribution in [2.24, 2.45) is 5.92 Å². The Balaban J connectivity index is 2.74. The Morgan fingerprint density at radius 3 is 2.38 bits per heavy atom. The highest BCUT2D eigenvalue weighted by Gasteiger charge is 2.40. The van der Waals surface area contributed by atoms with E-state index in [1.54, 1.807) is 0 Å². The summed E-state index contributed by atoms with van der Waals surface area (Å²) in [4.78, 5) is 0. The zero-order valence-electron chi connectivity index (χ0n) is 9.78. The van der Waals surface area contributed by atoms with Crippen molar-refractivity contribution in [2.75, 3.05) is 0 Å². The SMILES string of the molecule is CCC1(C)C[CH]C(C)C(C)(CC)N1. The Kier molecular flexibility index (Phi) is 3.06. The lowest BCUT2D eigenvalue weighted by molar-refractivity contribution is 0.130. The molecule has 1 radical (unpaired) electrons. The van der Waals surface area contributed by atoms with Gasteiger partial charge in [0.05, 0.1) is 0 Å². The summed E-state index contributed by atoms with van der Waals surface area (Å²) in [6, 6.07) is 0. The lowest BCUT2D eigenvalue weighted by Gasteiger charge is -2.49. The minimum absolute atomic E-state index is 0.309. The van der Waals surface area contributed by atoms with Crippen LogP contribution in [0.3, 0.4) is 0 Å². The summed E-state index contributed by atoms with van der Waals surface area (Å²) >= 11 is 0. The molecule has 0 amide bonds. The van der Waals surface area contributed by atoms with Gasteiger partial charge in [0.15, 0.2) is 0 Å². The predicted octanol–water partition coefficient (Wildman–Crippen LogP) is 3.16. The van der Waals surface area contributed by atoms with Gasteiger partial charge in [0.25, 0.3) is 0 Å². The van der Waals surface area contributed by atoms with Crippen LogP contribution in [0.2, 0.25) is 0 Å². The van der Waals surface area contributed by atoms with Gasteiger partial charge in [-0.1, -0.05) is 20.8 Å². The van der Waals surface area contributed by atoms with E-state index in [4.69, 9.17) is 0 Å². The van der Waals surface area contributed by atoms with Crippen LogP contribution in [0.4, 0.5) is 0 Å². The minimum atomic E-state index is 0.309. The van der Waals surface area contributed by atoms with E-state index >= 15 is 0 Å². The maximum atomic E-state index is 3.82. The lowest BCUT2D eigenvalue weighted by Crippen LogP contribution is -2.61. The average Bonchev–Trinajstić information content (AvgIpc) is 2.12. The van der Waals surface area contributed by atoms with Crippen LogP contribution >= 0.6 is 0 Å². The molecule has 0 bridgehead atoms. The molecule has 77 valence electrons. The van der Waals surface area contributed by atoms with Gasteiger partial charge >= 0.3 is 0 Å². The standard InChI is InChI=1S/C12H24N/c1-6-11(4)9-8-10(3)12(5,7-2)13-11/h8,10,13H,6-7,9H2,1-5H3. The molecule has 1 heterocycles. The third-order valence-electron chi connectivity index (χ3n) is 4.03. The normalized spacial score (nSPS) is 46.4. The van der Waals surface area contributed by atoms with Gasteiger partial charge < -0.3 is 5.32 Å². The smallest absolute Gasteiger partial charge is 0.0184 e. The van der Waals surface area contributed by atoms with Crippen molar-refractivity contribution in [3.63, 3.8) is 0 Å². The fraction of sp³-hybridized carbons (Fsp3) is 0.917. The quantitative estimate of drug-likeness (QED) is 0.691. The first kappa shape index (κ1) is 11.0. The second-order valence-corrected chi connectivity index (χ2v) is 5.04. The first-order valence-corrected chi connectivity index (χ1v) is 5.58. The summed E-state index contributed by atoms with van der Waals surface area (Å²) in [5, 5.41) is 3.82. The molecule has 0 saturated carbocycles. The third-order valence-corrected chi connectivity index (χ3v) is 4.03. The first-order chi connectivity index (χ1) is 5.96. The number of rotatable bonds is 2. The number of hydrogen-bond acceptors (Lipinski definition) is 1. The van der Waals surface area contributed by atoms with E-state index in [9.17, 15) is 0 Å². The molecule has 13 heavy (non-hydrogen) atoms. The summed E-state index contributed by atoms with van der Waals surface area (Å²) in [6.07, 6.45) is 6.12. The van der Waals surface area contributed by atoms with Gasteiger partial charge in [0.1, 0.15) is 0 Å². The Bertz CT molecular complexity index is 178. The molecule has 3 atom stereocenters. The van der Waals surface area contributed by atoms with Crippen LogP contribution in [0.15, 0.2) is 0 Å². The van der Waals surface area contributed by atoms with Crippen molar-refractivity contribution in [2.45, 2.75) is 65.0 Å². The lowest BCUT2D eigenvalue weighted by atomic mass is 9.72. The van der Waals surface area contributed by atoms with Crippen molar-refractivity contribution in [3.8, 4) is 0 Å². The van der Waals surface area contributed by atoms with Crippen molar-refractivity contribution in [1.29, 1.82) is 0 Å². The van der Waals surface area contributed by atoms with Crippen molar-refractivity contribution in [3.05, 3.63) is 6.42 Å². The fourth-order valence-electron chi connectivity index (χ4n) is 2.19. The van der Waals surface area contributed by atoms with Gasteiger partial charge in [-0.3, -0.25) is 0 Å². The highest BCUT2D eigenvalue weighted by Crippen LogP contribution is 2.35. The molecule has 0 spiro atoms. The number of hydrogen-bond donors (Lipinski definition) is 1. The largest absolute Gasteiger partial charge is 0.306 e. The first-order valence-electron chi connectivity index (χ1n) is 5.58. The van der Waals surface area contributed by atoms with Crippen LogP contribution in [0.1, 0.15) is 53.9 Å². The maximum absolute atomic E-state index is 3.82. The molecule has 0 aliphatic carbocycles. The number of nitrogens with one attached hydrogen (secondary N) is 1. The maximum Gasteiger partial charge on any atom is 0.0184 e. The molecule has 1 N–H and O–H groups in total. The van der Waals surface area contributed by atoms with Crippen molar-refractivity contribution in [1.82, 2.24) is 5.32 Å². The van der Waals surface area contributed by atoms with Gasteiger partial charge in [-0.25, -0.2) is 0 Å². The predicted molar refractivity (Wildman–Crippen MR) is 58.6 cm³/mol. The van der Waals surface area contributed by atoms with Gasteiger partial charge in [-0.15, -0.1) is 0 Å². The molecule has 1 rings (SSSR count). The van der Waals surface area contributed by atoms with E-state index in [1.807, 2.05) is 0 Å². The molecule has 1 aliphatic rings. The third kappa shape index (κ3) is 2.07. The second-order valence-electron chi connectivity index (χ2n) is 5.04. The molecular formula is C12H24N. The Morgan fingerprint density at radius 2 is 1.92 bits per heavy atom. The Morgan fingerprint density at radius 1 is 1.31 bits per heavy atom.